The van der Waals surface area contributed by atoms with E-state index in [1.54, 1.807) is 6.20 Å². The molecule has 19 heavy (non-hydrogen) atoms. The average Bonchev–Trinajstić information content (AvgIpc) is 2.37. The molecule has 0 spiro atoms. The van der Waals surface area contributed by atoms with E-state index in [0.717, 1.165) is 5.69 Å². The summed E-state index contributed by atoms with van der Waals surface area (Å²) in [6.45, 7) is 4.75. The first-order chi connectivity index (χ1) is 8.97. The Kier molecular flexibility index (Phi) is 6.41. The molecule has 1 aromatic rings. The molecule has 0 saturated heterocycles. The molecular formula is C13H23N3O2S. The first-order valence-electron chi connectivity index (χ1n) is 6.57. The van der Waals surface area contributed by atoms with Gasteiger partial charge in [-0.25, -0.2) is 8.42 Å². The fraction of sp³-hybridized carbons (Fsp3) is 0.615. The average molecular weight is 285 g/mol. The molecule has 0 aliphatic rings. The number of pyridine rings is 1. The van der Waals surface area contributed by atoms with Gasteiger partial charge in [-0.15, -0.1) is 0 Å². The summed E-state index contributed by atoms with van der Waals surface area (Å²) in [6.07, 6.45) is 2.80. The zero-order valence-corrected chi connectivity index (χ0v) is 12.4. The van der Waals surface area contributed by atoms with Gasteiger partial charge in [-0.05, 0) is 38.9 Å². The van der Waals surface area contributed by atoms with Crippen molar-refractivity contribution in [2.24, 2.45) is 5.73 Å². The second kappa shape index (κ2) is 7.57. The fourth-order valence-electron chi connectivity index (χ4n) is 1.86. The second-order valence-corrected chi connectivity index (χ2v) is 6.77. The van der Waals surface area contributed by atoms with Crippen LogP contribution in [0.5, 0.6) is 0 Å². The zero-order valence-electron chi connectivity index (χ0n) is 11.6. The van der Waals surface area contributed by atoms with Crippen molar-refractivity contribution in [2.45, 2.75) is 32.7 Å². The zero-order chi connectivity index (χ0) is 14.3. The molecule has 108 valence electrons. The SMILES string of the molecule is CC(C)N(CCCN)S(=O)(=O)CCc1ccccn1. The van der Waals surface area contributed by atoms with E-state index < -0.39 is 10.0 Å². The first kappa shape index (κ1) is 16.1. The molecule has 1 rings (SSSR count). The van der Waals surface area contributed by atoms with E-state index in [2.05, 4.69) is 4.98 Å². The van der Waals surface area contributed by atoms with Gasteiger partial charge in [0.1, 0.15) is 0 Å². The van der Waals surface area contributed by atoms with Crippen molar-refractivity contribution in [1.82, 2.24) is 9.29 Å². The van der Waals surface area contributed by atoms with Gasteiger partial charge in [-0.2, -0.15) is 4.31 Å². The van der Waals surface area contributed by atoms with E-state index in [0.29, 0.717) is 25.9 Å². The van der Waals surface area contributed by atoms with Crippen LogP contribution in [0.15, 0.2) is 24.4 Å². The predicted octanol–water partition coefficient (Wildman–Crippen LogP) is 1.01. The largest absolute Gasteiger partial charge is 0.330 e. The summed E-state index contributed by atoms with van der Waals surface area (Å²) in [5.41, 5.74) is 6.25. The number of nitrogens with two attached hydrogens (primary N) is 1. The fourth-order valence-corrected chi connectivity index (χ4v) is 3.61. The number of nitrogens with zero attached hydrogens (tertiary/aromatic N) is 2. The monoisotopic (exact) mass is 285 g/mol. The van der Waals surface area contributed by atoms with Crippen LogP contribution in [-0.4, -0.2) is 42.6 Å². The molecule has 1 aromatic heterocycles. The quantitative estimate of drug-likeness (QED) is 0.773. The number of rotatable bonds is 8. The Balaban J connectivity index is 2.67. The van der Waals surface area contributed by atoms with Crippen LogP contribution < -0.4 is 5.73 Å². The minimum atomic E-state index is -3.25. The highest BCUT2D eigenvalue weighted by Crippen LogP contribution is 2.10. The molecule has 6 heteroatoms. The van der Waals surface area contributed by atoms with Gasteiger partial charge in [0.25, 0.3) is 0 Å². The number of aryl methyl sites for hydroxylation is 1. The molecule has 0 radical (unpaired) electrons. The summed E-state index contributed by atoms with van der Waals surface area (Å²) >= 11 is 0. The highest BCUT2D eigenvalue weighted by molar-refractivity contribution is 7.89. The van der Waals surface area contributed by atoms with E-state index in [9.17, 15) is 8.42 Å². The molecule has 0 aliphatic heterocycles. The van der Waals surface area contributed by atoms with E-state index >= 15 is 0 Å². The van der Waals surface area contributed by atoms with Gasteiger partial charge in [0.2, 0.25) is 10.0 Å². The van der Waals surface area contributed by atoms with Crippen molar-refractivity contribution < 1.29 is 8.42 Å². The third-order valence-electron chi connectivity index (χ3n) is 2.86. The Labute approximate surface area is 115 Å². The van der Waals surface area contributed by atoms with Crippen LogP contribution in [0.3, 0.4) is 0 Å². The maximum atomic E-state index is 12.3. The van der Waals surface area contributed by atoms with Crippen LogP contribution in [0.2, 0.25) is 0 Å². The van der Waals surface area contributed by atoms with Crippen LogP contribution >= 0.6 is 0 Å². The Morgan fingerprint density at radius 1 is 1.37 bits per heavy atom. The van der Waals surface area contributed by atoms with Crippen molar-refractivity contribution >= 4 is 10.0 Å². The lowest BCUT2D eigenvalue weighted by Crippen LogP contribution is -2.40. The van der Waals surface area contributed by atoms with E-state index in [4.69, 9.17) is 5.73 Å². The first-order valence-corrected chi connectivity index (χ1v) is 8.18. The molecule has 0 unspecified atom stereocenters. The molecule has 0 saturated carbocycles. The standard InChI is InChI=1S/C13H23N3O2S/c1-12(2)16(10-5-8-14)19(17,18)11-7-13-6-3-4-9-15-13/h3-4,6,9,12H,5,7-8,10-11,14H2,1-2H3. The summed E-state index contributed by atoms with van der Waals surface area (Å²) in [7, 11) is -3.25. The molecule has 0 fully saturated rings. The molecule has 0 aliphatic carbocycles. The second-order valence-electron chi connectivity index (χ2n) is 4.73. The third-order valence-corrected chi connectivity index (χ3v) is 4.90. The van der Waals surface area contributed by atoms with Crippen molar-refractivity contribution in [3.63, 3.8) is 0 Å². The lowest BCUT2D eigenvalue weighted by molar-refractivity contribution is 0.351. The van der Waals surface area contributed by atoms with Crippen LogP contribution in [0, 0.1) is 0 Å². The summed E-state index contributed by atoms with van der Waals surface area (Å²) < 4.78 is 26.1. The van der Waals surface area contributed by atoms with Crippen molar-refractivity contribution in [3.05, 3.63) is 30.1 Å². The Morgan fingerprint density at radius 2 is 2.11 bits per heavy atom. The third kappa shape index (κ3) is 5.26. The van der Waals surface area contributed by atoms with Crippen LogP contribution in [0.25, 0.3) is 0 Å². The smallest absolute Gasteiger partial charge is 0.214 e. The molecule has 0 amide bonds. The van der Waals surface area contributed by atoms with Crippen LogP contribution in [0.1, 0.15) is 26.0 Å². The van der Waals surface area contributed by atoms with Gasteiger partial charge in [0.05, 0.1) is 5.75 Å². The normalized spacial score (nSPS) is 12.3. The molecule has 0 bridgehead atoms. The minimum Gasteiger partial charge on any atom is -0.330 e. The van der Waals surface area contributed by atoms with Gasteiger partial charge in [-0.3, -0.25) is 4.98 Å². The summed E-state index contributed by atoms with van der Waals surface area (Å²) in [6, 6.07) is 5.48. The molecule has 0 aromatic carbocycles. The number of hydrogen-bond donors (Lipinski definition) is 1. The summed E-state index contributed by atoms with van der Waals surface area (Å²) in [4.78, 5) is 4.15. The summed E-state index contributed by atoms with van der Waals surface area (Å²) in [5, 5.41) is 0. The van der Waals surface area contributed by atoms with Gasteiger partial charge >= 0.3 is 0 Å². The predicted molar refractivity (Wildman–Crippen MR) is 77.2 cm³/mol. The van der Waals surface area contributed by atoms with E-state index in [1.165, 1.54) is 4.31 Å². The van der Waals surface area contributed by atoms with Gasteiger partial charge < -0.3 is 5.73 Å². The maximum absolute atomic E-state index is 12.3. The Morgan fingerprint density at radius 3 is 2.63 bits per heavy atom. The number of sulfonamides is 1. The highest BCUT2D eigenvalue weighted by atomic mass is 32.2. The lowest BCUT2D eigenvalue weighted by Gasteiger charge is -2.25. The van der Waals surface area contributed by atoms with E-state index in [-0.39, 0.29) is 11.8 Å². The summed E-state index contributed by atoms with van der Waals surface area (Å²) in [5.74, 6) is 0.0900. The highest BCUT2D eigenvalue weighted by Gasteiger charge is 2.24. The minimum absolute atomic E-state index is 0.0414. The van der Waals surface area contributed by atoms with Gasteiger partial charge in [0.15, 0.2) is 0 Å². The molecule has 2 N–H and O–H groups in total. The Bertz CT molecular complexity index is 460. The Hall–Kier alpha value is -0.980. The van der Waals surface area contributed by atoms with Gasteiger partial charge in [0, 0.05) is 30.9 Å². The lowest BCUT2D eigenvalue weighted by atomic mass is 10.3. The number of hydrogen-bond acceptors (Lipinski definition) is 4. The topological polar surface area (TPSA) is 76.3 Å². The molecule has 0 atom stereocenters. The van der Waals surface area contributed by atoms with Crippen molar-refractivity contribution in [1.29, 1.82) is 0 Å². The van der Waals surface area contributed by atoms with Crippen LogP contribution in [-0.2, 0) is 16.4 Å². The van der Waals surface area contributed by atoms with Crippen molar-refractivity contribution in [2.75, 3.05) is 18.8 Å². The molecule has 5 nitrogen and oxygen atoms in total. The van der Waals surface area contributed by atoms with Gasteiger partial charge in [-0.1, -0.05) is 6.07 Å². The number of aromatic nitrogens is 1. The molecule has 1 heterocycles. The maximum Gasteiger partial charge on any atom is 0.214 e. The van der Waals surface area contributed by atoms with Crippen LogP contribution in [0.4, 0.5) is 0 Å². The molecular weight excluding hydrogens is 262 g/mol. The van der Waals surface area contributed by atoms with Crippen molar-refractivity contribution in [3.8, 4) is 0 Å². The van der Waals surface area contributed by atoms with E-state index in [1.807, 2.05) is 32.0 Å².